The minimum atomic E-state index is -0.908. The minimum absolute atomic E-state index is 0. The number of piperazine rings is 1. The second kappa shape index (κ2) is 8.90. The molecule has 7 nitrogen and oxygen atoms in total. The first-order valence-electron chi connectivity index (χ1n) is 9.87. The van der Waals surface area contributed by atoms with Gasteiger partial charge in [0.1, 0.15) is 11.3 Å². The number of methoxy groups -OCH3 is 1. The number of carbonyl (C=O) groups excluding carboxylic acids is 2. The van der Waals surface area contributed by atoms with Crippen molar-refractivity contribution in [3.63, 3.8) is 0 Å². The Hall–Kier alpha value is -1.83. The molecule has 1 saturated carbocycles. The first kappa shape index (κ1) is 23.4. The molecule has 29 heavy (non-hydrogen) atoms. The van der Waals surface area contributed by atoms with Crippen molar-refractivity contribution in [1.29, 1.82) is 0 Å². The van der Waals surface area contributed by atoms with Crippen molar-refractivity contribution in [1.82, 2.24) is 9.80 Å². The number of hydrogen-bond donors (Lipinski definition) is 1. The summed E-state index contributed by atoms with van der Waals surface area (Å²) < 4.78 is 10.9. The monoisotopic (exact) mass is 425 g/mol. The van der Waals surface area contributed by atoms with Gasteiger partial charge in [-0.25, -0.2) is 0 Å². The summed E-state index contributed by atoms with van der Waals surface area (Å²) in [6.07, 6.45) is 0.543. The fraction of sp³-hybridized carbons (Fsp3) is 0.619. The van der Waals surface area contributed by atoms with Crippen LogP contribution in [0.3, 0.4) is 0 Å². The van der Waals surface area contributed by atoms with Crippen LogP contribution in [0.4, 0.5) is 0 Å². The zero-order valence-electron chi connectivity index (χ0n) is 17.6. The molecule has 0 aromatic heterocycles. The van der Waals surface area contributed by atoms with E-state index in [0.717, 1.165) is 0 Å². The summed E-state index contributed by atoms with van der Waals surface area (Å²) in [5.41, 5.74) is 5.83. The smallest absolute Gasteiger partial charge is 0.253 e. The van der Waals surface area contributed by atoms with E-state index in [2.05, 4.69) is 0 Å². The number of benzene rings is 1. The molecule has 1 heterocycles. The van der Waals surface area contributed by atoms with Crippen LogP contribution in [0.1, 0.15) is 37.6 Å². The molecule has 0 spiro atoms. The van der Waals surface area contributed by atoms with Crippen molar-refractivity contribution in [3.05, 3.63) is 29.8 Å². The molecule has 162 valence electrons. The Morgan fingerprint density at radius 3 is 2.14 bits per heavy atom. The third-order valence-electron chi connectivity index (χ3n) is 6.40. The van der Waals surface area contributed by atoms with E-state index in [9.17, 15) is 9.59 Å². The Labute approximate surface area is 178 Å². The zero-order valence-corrected chi connectivity index (χ0v) is 18.5. The first-order valence-corrected chi connectivity index (χ1v) is 9.87. The largest absolute Gasteiger partial charge is 0.497 e. The Bertz CT molecular complexity index is 732. The lowest BCUT2D eigenvalue weighted by atomic mass is 9.54. The Kier molecular flexibility index (Phi) is 7.19. The topological polar surface area (TPSA) is 85.1 Å². The molecule has 1 saturated heterocycles. The van der Waals surface area contributed by atoms with Gasteiger partial charge in [-0.1, -0.05) is 13.8 Å². The minimum Gasteiger partial charge on any atom is -0.497 e. The summed E-state index contributed by atoms with van der Waals surface area (Å²) in [5.74, 6) is 0.649. The van der Waals surface area contributed by atoms with Crippen LogP contribution in [0.5, 0.6) is 5.75 Å². The lowest BCUT2D eigenvalue weighted by molar-refractivity contribution is -0.180. The quantitative estimate of drug-likeness (QED) is 0.779. The third kappa shape index (κ3) is 4.09. The molecule has 1 aliphatic carbocycles. The van der Waals surface area contributed by atoms with Gasteiger partial charge < -0.3 is 25.0 Å². The lowest BCUT2D eigenvalue weighted by Crippen LogP contribution is -2.76. The van der Waals surface area contributed by atoms with Crippen molar-refractivity contribution >= 4 is 24.2 Å². The molecule has 2 amide bonds. The highest BCUT2D eigenvalue weighted by Crippen LogP contribution is 2.50. The third-order valence-corrected chi connectivity index (χ3v) is 6.40. The lowest BCUT2D eigenvalue weighted by Gasteiger charge is -2.59. The molecule has 1 aromatic rings. The summed E-state index contributed by atoms with van der Waals surface area (Å²) in [7, 11) is 1.59. The number of hydrogen-bond acceptors (Lipinski definition) is 5. The van der Waals surface area contributed by atoms with Gasteiger partial charge in [-0.05, 0) is 31.2 Å². The van der Waals surface area contributed by atoms with Crippen molar-refractivity contribution in [2.45, 2.75) is 38.8 Å². The Balaban J connectivity index is 0.00000300. The van der Waals surface area contributed by atoms with E-state index in [1.807, 2.05) is 20.8 Å². The van der Waals surface area contributed by atoms with Gasteiger partial charge in [0.2, 0.25) is 5.91 Å². The molecule has 2 unspecified atom stereocenters. The first-order chi connectivity index (χ1) is 13.2. The van der Waals surface area contributed by atoms with E-state index in [1.165, 1.54) is 0 Å². The van der Waals surface area contributed by atoms with Crippen LogP contribution < -0.4 is 10.5 Å². The van der Waals surface area contributed by atoms with Crippen LogP contribution in [-0.2, 0) is 9.53 Å². The SMILES string of the molecule is CCOC1CC(N)(C(=O)N2CCN(C(=O)c3ccc(OC)cc3)CC2)C1(C)C.Cl. The van der Waals surface area contributed by atoms with Crippen LogP contribution >= 0.6 is 12.4 Å². The fourth-order valence-corrected chi connectivity index (χ4v) is 4.11. The average Bonchev–Trinajstić information content (AvgIpc) is 2.72. The predicted molar refractivity (Wildman–Crippen MR) is 113 cm³/mol. The van der Waals surface area contributed by atoms with E-state index in [0.29, 0.717) is 50.5 Å². The van der Waals surface area contributed by atoms with Crippen LogP contribution in [0.2, 0.25) is 0 Å². The number of rotatable bonds is 5. The van der Waals surface area contributed by atoms with Crippen molar-refractivity contribution in [2.24, 2.45) is 11.1 Å². The molecule has 3 rings (SSSR count). The number of ether oxygens (including phenoxy) is 2. The van der Waals surface area contributed by atoms with Gasteiger partial charge in [-0.3, -0.25) is 9.59 Å². The van der Waals surface area contributed by atoms with Crippen LogP contribution in [0.25, 0.3) is 0 Å². The van der Waals surface area contributed by atoms with E-state index < -0.39 is 11.0 Å². The Morgan fingerprint density at radius 1 is 1.10 bits per heavy atom. The van der Waals surface area contributed by atoms with E-state index in [4.69, 9.17) is 15.2 Å². The van der Waals surface area contributed by atoms with Crippen LogP contribution in [-0.4, -0.2) is 73.2 Å². The molecule has 2 atom stereocenters. The van der Waals surface area contributed by atoms with Crippen LogP contribution in [0, 0.1) is 5.41 Å². The van der Waals surface area contributed by atoms with Crippen molar-refractivity contribution in [2.75, 3.05) is 39.9 Å². The summed E-state index contributed by atoms with van der Waals surface area (Å²) in [6, 6.07) is 7.08. The molecule has 1 aliphatic heterocycles. The van der Waals surface area contributed by atoms with Gasteiger partial charge in [0.25, 0.3) is 5.91 Å². The number of nitrogens with two attached hydrogens (primary N) is 1. The van der Waals surface area contributed by atoms with Crippen LogP contribution in [0.15, 0.2) is 24.3 Å². The van der Waals surface area contributed by atoms with E-state index >= 15 is 0 Å². The van der Waals surface area contributed by atoms with Crippen molar-refractivity contribution in [3.8, 4) is 5.75 Å². The maximum atomic E-state index is 13.1. The Morgan fingerprint density at radius 2 is 1.66 bits per heavy atom. The fourth-order valence-electron chi connectivity index (χ4n) is 4.11. The maximum Gasteiger partial charge on any atom is 0.253 e. The highest BCUT2D eigenvalue weighted by atomic mass is 35.5. The second-order valence-corrected chi connectivity index (χ2v) is 8.15. The number of halogens is 1. The molecule has 8 heteroatoms. The van der Waals surface area contributed by atoms with Gasteiger partial charge in [-0.2, -0.15) is 0 Å². The molecule has 2 N–H and O–H groups in total. The molecule has 0 bridgehead atoms. The molecule has 0 radical (unpaired) electrons. The van der Waals surface area contributed by atoms with Gasteiger partial charge in [0.05, 0.1) is 13.2 Å². The summed E-state index contributed by atoms with van der Waals surface area (Å²) >= 11 is 0. The molecule has 2 fully saturated rings. The molecule has 2 aliphatic rings. The highest BCUT2D eigenvalue weighted by molar-refractivity contribution is 5.95. The van der Waals surface area contributed by atoms with Gasteiger partial charge in [0, 0.05) is 50.2 Å². The standard InChI is InChI=1S/C21H31N3O4.ClH/c1-5-28-17-14-21(22,20(17,2)3)19(26)24-12-10-23(11-13-24)18(25)15-6-8-16(27-4)9-7-15;/h6-9,17H,5,10-14,22H2,1-4H3;1H. The number of amides is 2. The zero-order chi connectivity index (χ0) is 20.5. The normalized spacial score (nSPS) is 25.6. The summed E-state index contributed by atoms with van der Waals surface area (Å²) in [5, 5.41) is 0. The average molecular weight is 426 g/mol. The summed E-state index contributed by atoms with van der Waals surface area (Å²) in [4.78, 5) is 29.4. The van der Waals surface area contributed by atoms with E-state index in [1.54, 1.807) is 41.2 Å². The molecular formula is C21H32ClN3O4. The van der Waals surface area contributed by atoms with Gasteiger partial charge in [-0.15, -0.1) is 12.4 Å². The van der Waals surface area contributed by atoms with Gasteiger partial charge >= 0.3 is 0 Å². The maximum absolute atomic E-state index is 13.1. The number of nitrogens with zero attached hydrogens (tertiary/aromatic N) is 2. The number of carbonyl (C=O) groups is 2. The van der Waals surface area contributed by atoms with Gasteiger partial charge in [0.15, 0.2) is 0 Å². The van der Waals surface area contributed by atoms with Crippen molar-refractivity contribution < 1.29 is 19.1 Å². The molecular weight excluding hydrogens is 394 g/mol. The van der Waals surface area contributed by atoms with E-state index in [-0.39, 0.29) is 30.3 Å². The highest BCUT2D eigenvalue weighted by Gasteiger charge is 2.63. The summed E-state index contributed by atoms with van der Waals surface area (Å²) in [6.45, 7) is 8.56. The predicted octanol–water partition coefficient (Wildman–Crippen LogP) is 1.93. The molecule has 1 aromatic carbocycles. The second-order valence-electron chi connectivity index (χ2n) is 8.15.